The van der Waals surface area contributed by atoms with E-state index in [-0.39, 0.29) is 6.03 Å². The number of hydrogen-bond donors (Lipinski definition) is 3. The Labute approximate surface area is 117 Å². The van der Waals surface area contributed by atoms with Gasteiger partial charge in [0.25, 0.3) is 0 Å². The molecule has 2 amide bonds. The third kappa shape index (κ3) is 3.83. The molecule has 20 heavy (non-hydrogen) atoms. The molecule has 0 aliphatic carbocycles. The highest BCUT2D eigenvalue weighted by Gasteiger charge is 2.07. The first-order valence-corrected chi connectivity index (χ1v) is 6.49. The minimum absolute atomic E-state index is 0.301. The summed E-state index contributed by atoms with van der Waals surface area (Å²) >= 11 is 0. The Bertz CT molecular complexity index is 552. The van der Waals surface area contributed by atoms with Gasteiger partial charge in [-0.2, -0.15) is 5.10 Å². The molecule has 1 aromatic carbocycles. The number of nitrogens with zero attached hydrogens (tertiary/aromatic N) is 2. The van der Waals surface area contributed by atoms with Gasteiger partial charge in [-0.25, -0.2) is 9.48 Å². The molecule has 1 aromatic heterocycles. The third-order valence-electron chi connectivity index (χ3n) is 2.75. The van der Waals surface area contributed by atoms with Crippen LogP contribution in [0.2, 0.25) is 0 Å². The molecule has 6 heteroatoms. The molecule has 1 heterocycles. The van der Waals surface area contributed by atoms with Gasteiger partial charge in [-0.15, -0.1) is 0 Å². The molecular formula is C14H18N4O2. The molecule has 0 fully saturated rings. The molecule has 1 unspecified atom stereocenters. The van der Waals surface area contributed by atoms with Gasteiger partial charge in [-0.05, 0) is 31.5 Å². The lowest BCUT2D eigenvalue weighted by Crippen LogP contribution is -2.31. The van der Waals surface area contributed by atoms with Gasteiger partial charge in [0.1, 0.15) is 0 Å². The van der Waals surface area contributed by atoms with Gasteiger partial charge in [0.05, 0.1) is 17.5 Å². The first kappa shape index (κ1) is 14.1. The van der Waals surface area contributed by atoms with Crippen molar-refractivity contribution < 1.29 is 9.90 Å². The molecule has 0 aliphatic heterocycles. The van der Waals surface area contributed by atoms with Crippen LogP contribution in [0.25, 0.3) is 5.69 Å². The fourth-order valence-corrected chi connectivity index (χ4v) is 1.75. The Hall–Kier alpha value is -2.34. The number of aromatic nitrogens is 2. The number of amides is 2. The Morgan fingerprint density at radius 3 is 2.90 bits per heavy atom. The second-order valence-corrected chi connectivity index (χ2v) is 4.49. The van der Waals surface area contributed by atoms with Crippen LogP contribution in [0.4, 0.5) is 10.5 Å². The van der Waals surface area contributed by atoms with E-state index in [9.17, 15) is 4.79 Å². The highest BCUT2D eigenvalue weighted by Crippen LogP contribution is 2.18. The Morgan fingerprint density at radius 1 is 1.40 bits per heavy atom. The largest absolute Gasteiger partial charge is 0.393 e. The van der Waals surface area contributed by atoms with Gasteiger partial charge < -0.3 is 15.7 Å². The van der Waals surface area contributed by atoms with E-state index in [2.05, 4.69) is 15.7 Å². The van der Waals surface area contributed by atoms with Crippen molar-refractivity contribution in [3.63, 3.8) is 0 Å². The van der Waals surface area contributed by atoms with E-state index >= 15 is 0 Å². The zero-order valence-corrected chi connectivity index (χ0v) is 11.3. The summed E-state index contributed by atoms with van der Waals surface area (Å²) < 4.78 is 1.69. The van der Waals surface area contributed by atoms with Gasteiger partial charge in [0.15, 0.2) is 0 Å². The Morgan fingerprint density at radius 2 is 2.20 bits per heavy atom. The van der Waals surface area contributed by atoms with Crippen molar-refractivity contribution in [1.29, 1.82) is 0 Å². The highest BCUT2D eigenvalue weighted by molar-refractivity contribution is 5.91. The van der Waals surface area contributed by atoms with Crippen molar-refractivity contribution in [1.82, 2.24) is 15.1 Å². The zero-order valence-electron chi connectivity index (χ0n) is 11.3. The summed E-state index contributed by atoms with van der Waals surface area (Å²) in [5, 5.41) is 18.8. The fraction of sp³-hybridized carbons (Fsp3) is 0.286. The molecule has 0 bridgehead atoms. The lowest BCUT2D eigenvalue weighted by Gasteiger charge is -2.12. The van der Waals surface area contributed by atoms with E-state index in [1.807, 2.05) is 36.5 Å². The summed E-state index contributed by atoms with van der Waals surface area (Å²) in [6.45, 7) is 2.11. The highest BCUT2D eigenvalue weighted by atomic mass is 16.3. The molecule has 0 saturated heterocycles. The van der Waals surface area contributed by atoms with E-state index in [1.165, 1.54) is 0 Å². The van der Waals surface area contributed by atoms with Gasteiger partial charge in [-0.3, -0.25) is 0 Å². The molecule has 1 atom stereocenters. The van der Waals surface area contributed by atoms with Crippen molar-refractivity contribution in [2.75, 3.05) is 11.9 Å². The number of hydrogen-bond acceptors (Lipinski definition) is 3. The Balaban J connectivity index is 2.01. The summed E-state index contributed by atoms with van der Waals surface area (Å²) in [5.41, 5.74) is 1.47. The molecule has 0 aliphatic rings. The van der Waals surface area contributed by atoms with Crippen molar-refractivity contribution in [2.24, 2.45) is 0 Å². The number of rotatable bonds is 5. The summed E-state index contributed by atoms with van der Waals surface area (Å²) in [7, 11) is 0. The van der Waals surface area contributed by atoms with Crippen LogP contribution in [-0.2, 0) is 0 Å². The maximum atomic E-state index is 11.8. The zero-order chi connectivity index (χ0) is 14.4. The number of carbonyl (C=O) groups excluding carboxylic acids is 1. The lowest BCUT2D eigenvalue weighted by molar-refractivity contribution is 0.184. The van der Waals surface area contributed by atoms with E-state index in [0.717, 1.165) is 5.69 Å². The maximum Gasteiger partial charge on any atom is 0.319 e. The smallest absolute Gasteiger partial charge is 0.319 e. The topological polar surface area (TPSA) is 79.2 Å². The summed E-state index contributed by atoms with van der Waals surface area (Å²) in [5.74, 6) is 0. The number of carbonyl (C=O) groups is 1. The average Bonchev–Trinajstić information content (AvgIpc) is 2.92. The number of nitrogens with one attached hydrogen (secondary N) is 2. The predicted octanol–water partition coefficient (Wildman–Crippen LogP) is 1.76. The van der Waals surface area contributed by atoms with Crippen LogP contribution >= 0.6 is 0 Å². The van der Waals surface area contributed by atoms with E-state index < -0.39 is 6.10 Å². The molecular weight excluding hydrogens is 256 g/mol. The second-order valence-electron chi connectivity index (χ2n) is 4.49. The van der Waals surface area contributed by atoms with E-state index in [4.69, 9.17) is 5.11 Å². The SMILES string of the molecule is CC(O)CCNC(=O)Nc1ccccc1-n1cccn1. The number of aliphatic hydroxyl groups is 1. The summed E-state index contributed by atoms with van der Waals surface area (Å²) in [6, 6.07) is 8.93. The van der Waals surface area contributed by atoms with Gasteiger partial charge in [-0.1, -0.05) is 12.1 Å². The third-order valence-corrected chi connectivity index (χ3v) is 2.75. The summed E-state index contributed by atoms with van der Waals surface area (Å²) in [4.78, 5) is 11.8. The number of benzene rings is 1. The summed E-state index contributed by atoms with van der Waals surface area (Å²) in [6.07, 6.45) is 3.59. The molecule has 106 valence electrons. The number of para-hydroxylation sites is 2. The second kappa shape index (κ2) is 6.72. The van der Waals surface area contributed by atoms with Gasteiger partial charge in [0.2, 0.25) is 0 Å². The molecule has 3 N–H and O–H groups in total. The molecule has 0 spiro atoms. The van der Waals surface area contributed by atoms with Crippen LogP contribution in [0.3, 0.4) is 0 Å². The van der Waals surface area contributed by atoms with Crippen LogP contribution < -0.4 is 10.6 Å². The number of aliphatic hydroxyl groups excluding tert-OH is 1. The maximum absolute atomic E-state index is 11.8. The van der Waals surface area contributed by atoms with Gasteiger partial charge in [0, 0.05) is 18.9 Å². The standard InChI is InChI=1S/C14H18N4O2/c1-11(19)7-9-15-14(20)17-12-5-2-3-6-13(12)18-10-4-8-16-18/h2-6,8,10-11,19H,7,9H2,1H3,(H2,15,17,20). The monoisotopic (exact) mass is 274 g/mol. The first-order chi connectivity index (χ1) is 9.66. The van der Waals surface area contributed by atoms with Crippen LogP contribution in [-0.4, -0.2) is 33.6 Å². The molecule has 6 nitrogen and oxygen atoms in total. The average molecular weight is 274 g/mol. The van der Waals surface area contributed by atoms with Crippen molar-refractivity contribution in [3.05, 3.63) is 42.7 Å². The van der Waals surface area contributed by atoms with Crippen molar-refractivity contribution >= 4 is 11.7 Å². The normalized spacial score (nSPS) is 11.9. The van der Waals surface area contributed by atoms with Crippen molar-refractivity contribution in [2.45, 2.75) is 19.4 Å². The minimum Gasteiger partial charge on any atom is -0.393 e. The first-order valence-electron chi connectivity index (χ1n) is 6.49. The number of urea groups is 1. The quantitative estimate of drug-likeness (QED) is 0.777. The lowest BCUT2D eigenvalue weighted by atomic mass is 10.2. The Kier molecular flexibility index (Phi) is 4.73. The van der Waals surface area contributed by atoms with E-state index in [0.29, 0.717) is 18.7 Å². The van der Waals surface area contributed by atoms with Crippen LogP contribution in [0, 0.1) is 0 Å². The van der Waals surface area contributed by atoms with Crippen LogP contribution in [0.1, 0.15) is 13.3 Å². The van der Waals surface area contributed by atoms with Crippen molar-refractivity contribution in [3.8, 4) is 5.69 Å². The fourth-order valence-electron chi connectivity index (χ4n) is 1.75. The van der Waals surface area contributed by atoms with Gasteiger partial charge >= 0.3 is 6.03 Å². The molecule has 0 saturated carbocycles. The minimum atomic E-state index is -0.424. The van der Waals surface area contributed by atoms with E-state index in [1.54, 1.807) is 17.8 Å². The van der Waals surface area contributed by atoms with Crippen LogP contribution in [0.5, 0.6) is 0 Å². The molecule has 2 rings (SSSR count). The number of anilines is 1. The molecule has 0 radical (unpaired) electrons. The predicted molar refractivity (Wildman–Crippen MR) is 76.9 cm³/mol. The van der Waals surface area contributed by atoms with Crippen LogP contribution in [0.15, 0.2) is 42.7 Å². The molecule has 2 aromatic rings.